The van der Waals surface area contributed by atoms with Gasteiger partial charge in [0.2, 0.25) is 0 Å². The Morgan fingerprint density at radius 2 is 1.19 bits per heavy atom. The van der Waals surface area contributed by atoms with Crippen molar-refractivity contribution < 1.29 is 9.53 Å². The van der Waals surface area contributed by atoms with Gasteiger partial charge in [-0.3, -0.25) is 4.79 Å². The average Bonchev–Trinajstić information content (AvgIpc) is 3.07. The van der Waals surface area contributed by atoms with Crippen molar-refractivity contribution in [3.05, 3.63) is 169 Å². The molecule has 7 aromatic carbocycles. The Morgan fingerprint density at radius 3 is 1.95 bits per heavy atom. The number of benzene rings is 7. The lowest BCUT2D eigenvalue weighted by Crippen LogP contribution is -2.10. The fraction of sp³-hybridized carbons (Fsp3) is 0.0250. The summed E-state index contributed by atoms with van der Waals surface area (Å²) in [6.07, 6.45) is 4.54. The molecule has 0 spiro atoms. The molecule has 0 aliphatic carbocycles. The SMILES string of the molecule is O=Cc1cc2ccccc2cc1COC=Cc1ccc(N(c2ccc3ccccc3c2)c2cccc3ccccc23)cc1. The van der Waals surface area contributed by atoms with Crippen LogP contribution in [0.5, 0.6) is 0 Å². The van der Waals surface area contributed by atoms with Crippen molar-refractivity contribution in [2.45, 2.75) is 6.61 Å². The van der Waals surface area contributed by atoms with Crippen molar-refractivity contribution in [1.29, 1.82) is 0 Å². The second-order valence-electron chi connectivity index (χ2n) is 10.6. The first-order chi connectivity index (χ1) is 21.3. The van der Waals surface area contributed by atoms with E-state index in [0.717, 1.165) is 45.2 Å². The summed E-state index contributed by atoms with van der Waals surface area (Å²) < 4.78 is 5.87. The Balaban J connectivity index is 1.17. The molecule has 206 valence electrons. The second-order valence-corrected chi connectivity index (χ2v) is 10.6. The Hall–Kier alpha value is -5.67. The maximum atomic E-state index is 11.7. The van der Waals surface area contributed by atoms with E-state index >= 15 is 0 Å². The molecular formula is C40H29NO2. The number of carbonyl (C=O) groups excluding carboxylic acids is 1. The normalized spacial score (nSPS) is 11.3. The molecule has 7 rings (SSSR count). The molecule has 0 bridgehead atoms. The average molecular weight is 556 g/mol. The third-order valence-corrected chi connectivity index (χ3v) is 7.88. The Labute approximate surface area is 250 Å². The third-order valence-electron chi connectivity index (χ3n) is 7.88. The maximum Gasteiger partial charge on any atom is 0.150 e. The van der Waals surface area contributed by atoms with Crippen molar-refractivity contribution in [1.82, 2.24) is 0 Å². The van der Waals surface area contributed by atoms with Crippen LogP contribution in [-0.2, 0) is 11.3 Å². The minimum Gasteiger partial charge on any atom is -0.496 e. The minimum atomic E-state index is 0.324. The highest BCUT2D eigenvalue weighted by atomic mass is 16.5. The van der Waals surface area contributed by atoms with E-state index < -0.39 is 0 Å². The van der Waals surface area contributed by atoms with Crippen molar-refractivity contribution in [2.24, 2.45) is 0 Å². The third kappa shape index (κ3) is 5.37. The summed E-state index contributed by atoms with van der Waals surface area (Å²) in [5.74, 6) is 0. The van der Waals surface area contributed by atoms with Crippen molar-refractivity contribution in [2.75, 3.05) is 4.90 Å². The molecule has 0 unspecified atom stereocenters. The predicted molar refractivity (Wildman–Crippen MR) is 179 cm³/mol. The minimum absolute atomic E-state index is 0.324. The Morgan fingerprint density at radius 1 is 0.558 bits per heavy atom. The maximum absolute atomic E-state index is 11.7. The van der Waals surface area contributed by atoms with Crippen LogP contribution in [0, 0.1) is 0 Å². The molecule has 0 amide bonds. The van der Waals surface area contributed by atoms with Crippen LogP contribution in [0.15, 0.2) is 152 Å². The van der Waals surface area contributed by atoms with E-state index in [0.29, 0.717) is 12.2 Å². The zero-order valence-corrected chi connectivity index (χ0v) is 23.6. The molecular weight excluding hydrogens is 526 g/mol. The highest BCUT2D eigenvalue weighted by molar-refractivity contribution is 6.00. The molecule has 0 N–H and O–H groups in total. The molecule has 0 fully saturated rings. The molecule has 0 saturated carbocycles. The van der Waals surface area contributed by atoms with E-state index in [4.69, 9.17) is 4.74 Å². The molecule has 0 aliphatic heterocycles. The molecule has 0 atom stereocenters. The topological polar surface area (TPSA) is 29.5 Å². The standard InChI is InChI=1S/C40H29NO2/c42-27-35-24-32-10-3-4-11-33(32)25-36(35)28-43-23-22-29-16-19-37(20-17-29)41(38-21-18-30-8-1-2-12-34(30)26-38)40-15-7-13-31-9-5-6-14-39(31)40/h1-27H,28H2. The highest BCUT2D eigenvalue weighted by Gasteiger charge is 2.15. The summed E-state index contributed by atoms with van der Waals surface area (Å²) >= 11 is 0. The first-order valence-electron chi connectivity index (χ1n) is 14.4. The number of hydrogen-bond acceptors (Lipinski definition) is 3. The van der Waals surface area contributed by atoms with Gasteiger partial charge in [-0.2, -0.15) is 0 Å². The molecule has 7 aromatic rings. The number of aldehydes is 1. The monoisotopic (exact) mass is 555 g/mol. The van der Waals surface area contributed by atoms with Gasteiger partial charge >= 0.3 is 0 Å². The van der Waals surface area contributed by atoms with Crippen LogP contribution < -0.4 is 4.90 Å². The second kappa shape index (κ2) is 11.7. The van der Waals surface area contributed by atoms with E-state index in [1.807, 2.05) is 42.5 Å². The Bertz CT molecular complexity index is 2110. The molecule has 0 radical (unpaired) electrons. The molecule has 3 heteroatoms. The summed E-state index contributed by atoms with van der Waals surface area (Å²) in [6, 6.07) is 50.5. The lowest BCUT2D eigenvalue weighted by molar-refractivity contribution is 0.112. The van der Waals surface area contributed by atoms with Gasteiger partial charge < -0.3 is 9.64 Å². The molecule has 0 heterocycles. The fourth-order valence-corrected chi connectivity index (χ4v) is 5.69. The summed E-state index contributed by atoms with van der Waals surface area (Å²) in [6.45, 7) is 0.324. The van der Waals surface area contributed by atoms with Gasteiger partial charge in [0.1, 0.15) is 12.9 Å². The fourth-order valence-electron chi connectivity index (χ4n) is 5.69. The zero-order chi connectivity index (χ0) is 29.0. The number of carbonyl (C=O) groups is 1. The van der Waals surface area contributed by atoms with E-state index in [1.54, 1.807) is 6.26 Å². The van der Waals surface area contributed by atoms with Crippen LogP contribution in [0.3, 0.4) is 0 Å². The van der Waals surface area contributed by atoms with Gasteiger partial charge in [0.15, 0.2) is 0 Å². The lowest BCUT2D eigenvalue weighted by Gasteiger charge is -2.27. The first-order valence-corrected chi connectivity index (χ1v) is 14.4. The number of rotatable bonds is 8. The van der Waals surface area contributed by atoms with Gasteiger partial charge in [0.25, 0.3) is 0 Å². The van der Waals surface area contributed by atoms with E-state index in [9.17, 15) is 4.79 Å². The van der Waals surface area contributed by atoms with Crippen LogP contribution in [0.4, 0.5) is 17.1 Å². The molecule has 0 saturated heterocycles. The van der Waals surface area contributed by atoms with Gasteiger partial charge in [0, 0.05) is 27.9 Å². The van der Waals surface area contributed by atoms with Crippen LogP contribution >= 0.6 is 0 Å². The molecule has 0 aliphatic rings. The smallest absolute Gasteiger partial charge is 0.150 e. The summed E-state index contributed by atoms with van der Waals surface area (Å²) in [7, 11) is 0. The number of ether oxygens (including phenoxy) is 1. The molecule has 0 aromatic heterocycles. The summed E-state index contributed by atoms with van der Waals surface area (Å²) in [5.41, 5.74) is 5.84. The van der Waals surface area contributed by atoms with Crippen LogP contribution in [-0.4, -0.2) is 6.29 Å². The summed E-state index contributed by atoms with van der Waals surface area (Å²) in [4.78, 5) is 14.0. The number of fused-ring (bicyclic) bond motifs is 3. The van der Waals surface area contributed by atoms with Crippen molar-refractivity contribution in [3.8, 4) is 0 Å². The molecule has 3 nitrogen and oxygen atoms in total. The van der Waals surface area contributed by atoms with E-state index in [1.165, 1.54) is 21.5 Å². The zero-order valence-electron chi connectivity index (χ0n) is 23.6. The Kier molecular flexibility index (Phi) is 7.12. The van der Waals surface area contributed by atoms with Gasteiger partial charge in [0.05, 0.1) is 11.9 Å². The van der Waals surface area contributed by atoms with Gasteiger partial charge in [-0.05, 0) is 81.0 Å². The summed E-state index contributed by atoms with van der Waals surface area (Å²) in [5, 5.41) is 6.95. The van der Waals surface area contributed by atoms with Gasteiger partial charge in [-0.1, -0.05) is 103 Å². The number of nitrogens with zero attached hydrogens (tertiary/aromatic N) is 1. The molecule has 43 heavy (non-hydrogen) atoms. The first kappa shape index (κ1) is 26.2. The van der Waals surface area contributed by atoms with Crippen molar-refractivity contribution >= 4 is 61.7 Å². The van der Waals surface area contributed by atoms with Crippen LogP contribution in [0.25, 0.3) is 38.4 Å². The largest absolute Gasteiger partial charge is 0.496 e. The lowest BCUT2D eigenvalue weighted by atomic mass is 10.0. The number of hydrogen-bond donors (Lipinski definition) is 0. The van der Waals surface area contributed by atoms with Gasteiger partial charge in [-0.25, -0.2) is 0 Å². The predicted octanol–water partition coefficient (Wildman–Crippen LogP) is 10.6. The van der Waals surface area contributed by atoms with Gasteiger partial charge in [-0.15, -0.1) is 0 Å². The quantitative estimate of drug-likeness (QED) is 0.138. The van der Waals surface area contributed by atoms with E-state index in [2.05, 4.69) is 114 Å². The number of anilines is 3. The highest BCUT2D eigenvalue weighted by Crippen LogP contribution is 2.39. The van der Waals surface area contributed by atoms with Crippen molar-refractivity contribution in [3.63, 3.8) is 0 Å². The van der Waals surface area contributed by atoms with Crippen LogP contribution in [0.1, 0.15) is 21.5 Å². The van der Waals surface area contributed by atoms with E-state index in [-0.39, 0.29) is 0 Å². The van der Waals surface area contributed by atoms with Crippen LogP contribution in [0.2, 0.25) is 0 Å².